The lowest BCUT2D eigenvalue weighted by atomic mass is 10.4. The maximum atomic E-state index is 3.68. The molecule has 0 heterocycles. The molecule has 1 rings (SSSR count). The van der Waals surface area contributed by atoms with Gasteiger partial charge in [0.2, 0.25) is 0 Å². The second-order valence-corrected chi connectivity index (χ2v) is 2.11. The molecular weight excluding hydrogens is 98.1 g/mol. The predicted octanol–water partition coefficient (Wildman–Crippen LogP) is 1.29. The van der Waals surface area contributed by atoms with E-state index >= 15 is 0 Å². The first-order chi connectivity index (χ1) is 3.88. The van der Waals surface area contributed by atoms with Crippen molar-refractivity contribution in [3.05, 3.63) is 25.4 Å². The lowest BCUT2D eigenvalue weighted by Gasteiger charge is -1.91. The smallest absolute Gasteiger partial charge is 0.0325 e. The molecular formula is C7H11N. The summed E-state index contributed by atoms with van der Waals surface area (Å²) >= 11 is 0. The van der Waals surface area contributed by atoms with Crippen molar-refractivity contribution in [1.82, 2.24) is 5.32 Å². The number of hydrogen-bond donors (Lipinski definition) is 1. The fourth-order valence-electron chi connectivity index (χ4n) is 0.818. The van der Waals surface area contributed by atoms with E-state index in [0.29, 0.717) is 12.0 Å². The number of rotatable bonds is 3. The monoisotopic (exact) mass is 109 g/mol. The minimum absolute atomic E-state index is 0.644. The van der Waals surface area contributed by atoms with Gasteiger partial charge >= 0.3 is 0 Å². The van der Waals surface area contributed by atoms with Gasteiger partial charge in [0.25, 0.3) is 0 Å². The summed E-state index contributed by atoms with van der Waals surface area (Å²) in [6.45, 7) is 7.25. The molecule has 1 nitrogen and oxygen atoms in total. The molecule has 1 aliphatic rings. The zero-order chi connectivity index (χ0) is 5.98. The summed E-state index contributed by atoms with van der Waals surface area (Å²) in [6, 6.07) is 0.644. The second kappa shape index (κ2) is 2.03. The molecule has 1 heteroatoms. The molecule has 0 aliphatic heterocycles. The highest BCUT2D eigenvalue weighted by molar-refractivity contribution is 5.04. The van der Waals surface area contributed by atoms with Crippen molar-refractivity contribution in [3.8, 4) is 0 Å². The molecule has 0 bridgehead atoms. The van der Waals surface area contributed by atoms with Crippen LogP contribution in [-0.4, -0.2) is 6.04 Å². The van der Waals surface area contributed by atoms with Crippen molar-refractivity contribution in [3.63, 3.8) is 0 Å². The van der Waals surface area contributed by atoms with Crippen LogP contribution in [0.1, 0.15) is 6.42 Å². The molecule has 8 heavy (non-hydrogen) atoms. The zero-order valence-corrected chi connectivity index (χ0v) is 4.93. The van der Waals surface area contributed by atoms with Crippen molar-refractivity contribution in [2.45, 2.75) is 12.5 Å². The third kappa shape index (κ3) is 0.915. The molecule has 2 atom stereocenters. The Kier molecular flexibility index (Phi) is 1.38. The molecule has 1 fully saturated rings. The van der Waals surface area contributed by atoms with Gasteiger partial charge in [0.15, 0.2) is 0 Å². The Labute approximate surface area is 50.1 Å². The van der Waals surface area contributed by atoms with E-state index in [0.717, 1.165) is 0 Å². The van der Waals surface area contributed by atoms with Crippen molar-refractivity contribution >= 4 is 0 Å². The summed E-state index contributed by atoms with van der Waals surface area (Å²) in [6.07, 6.45) is 4.96. The summed E-state index contributed by atoms with van der Waals surface area (Å²) in [7, 11) is 0. The van der Waals surface area contributed by atoms with E-state index in [-0.39, 0.29) is 0 Å². The van der Waals surface area contributed by atoms with Crippen LogP contribution in [0.25, 0.3) is 0 Å². The molecule has 0 aromatic heterocycles. The minimum Gasteiger partial charge on any atom is -0.388 e. The highest BCUT2D eigenvalue weighted by Gasteiger charge is 2.32. The zero-order valence-electron chi connectivity index (χ0n) is 4.93. The van der Waals surface area contributed by atoms with Crippen LogP contribution >= 0.6 is 0 Å². The van der Waals surface area contributed by atoms with Gasteiger partial charge in [0.05, 0.1) is 0 Å². The predicted molar refractivity (Wildman–Crippen MR) is 35.4 cm³/mol. The average Bonchev–Trinajstić information content (AvgIpc) is 2.48. The molecule has 0 aromatic rings. The Balaban J connectivity index is 2.16. The molecule has 0 spiro atoms. The van der Waals surface area contributed by atoms with E-state index < -0.39 is 0 Å². The Bertz CT molecular complexity index is 107. The molecule has 44 valence electrons. The van der Waals surface area contributed by atoms with Gasteiger partial charge in [-0.25, -0.2) is 0 Å². The van der Waals surface area contributed by atoms with Crippen LogP contribution in [0, 0.1) is 5.92 Å². The SMILES string of the molecule is C=CNC1CC1C=C. The molecule has 0 aromatic carbocycles. The fraction of sp³-hybridized carbons (Fsp3) is 0.429. The largest absolute Gasteiger partial charge is 0.388 e. The molecule has 0 radical (unpaired) electrons. The second-order valence-electron chi connectivity index (χ2n) is 2.11. The van der Waals surface area contributed by atoms with Crippen LogP contribution in [0.5, 0.6) is 0 Å². The van der Waals surface area contributed by atoms with Crippen LogP contribution in [0.4, 0.5) is 0 Å². The average molecular weight is 109 g/mol. The quantitative estimate of drug-likeness (QED) is 0.538. The van der Waals surface area contributed by atoms with Crippen molar-refractivity contribution in [2.24, 2.45) is 5.92 Å². The van der Waals surface area contributed by atoms with E-state index in [4.69, 9.17) is 0 Å². The highest BCUT2D eigenvalue weighted by Crippen LogP contribution is 2.30. The third-order valence-corrected chi connectivity index (χ3v) is 1.47. The van der Waals surface area contributed by atoms with Gasteiger partial charge in [0.1, 0.15) is 0 Å². The van der Waals surface area contributed by atoms with E-state index in [9.17, 15) is 0 Å². The summed E-state index contributed by atoms with van der Waals surface area (Å²) in [5.41, 5.74) is 0. The van der Waals surface area contributed by atoms with Crippen molar-refractivity contribution in [2.75, 3.05) is 0 Å². The van der Waals surface area contributed by atoms with Crippen LogP contribution < -0.4 is 5.32 Å². The Morgan fingerprint density at radius 2 is 2.25 bits per heavy atom. The van der Waals surface area contributed by atoms with Crippen LogP contribution in [0.3, 0.4) is 0 Å². The Morgan fingerprint density at radius 3 is 2.62 bits per heavy atom. The molecule has 0 saturated heterocycles. The third-order valence-electron chi connectivity index (χ3n) is 1.47. The molecule has 1 aliphatic carbocycles. The molecule has 2 unspecified atom stereocenters. The molecule has 1 N–H and O–H groups in total. The Hall–Kier alpha value is -0.720. The first kappa shape index (κ1) is 5.42. The first-order valence-corrected chi connectivity index (χ1v) is 2.88. The summed E-state index contributed by atoms with van der Waals surface area (Å²) in [4.78, 5) is 0. The summed E-state index contributed by atoms with van der Waals surface area (Å²) < 4.78 is 0. The minimum atomic E-state index is 0.644. The molecule has 1 saturated carbocycles. The van der Waals surface area contributed by atoms with Crippen LogP contribution in [0.15, 0.2) is 25.4 Å². The van der Waals surface area contributed by atoms with Gasteiger partial charge < -0.3 is 5.32 Å². The van der Waals surface area contributed by atoms with Gasteiger partial charge in [-0.15, -0.1) is 6.58 Å². The normalized spacial score (nSPS) is 33.5. The Morgan fingerprint density at radius 1 is 1.50 bits per heavy atom. The van der Waals surface area contributed by atoms with Crippen molar-refractivity contribution in [1.29, 1.82) is 0 Å². The van der Waals surface area contributed by atoms with Gasteiger partial charge in [-0.1, -0.05) is 12.7 Å². The lowest BCUT2D eigenvalue weighted by molar-refractivity contribution is 0.822. The standard InChI is InChI=1S/C7H11N/c1-3-6-5-7(6)8-4-2/h3-4,6-8H,1-2,5H2. The van der Waals surface area contributed by atoms with Crippen molar-refractivity contribution < 1.29 is 0 Å². The van der Waals surface area contributed by atoms with Gasteiger partial charge in [0, 0.05) is 6.04 Å². The fourth-order valence-corrected chi connectivity index (χ4v) is 0.818. The highest BCUT2D eigenvalue weighted by atomic mass is 14.9. The van der Waals surface area contributed by atoms with Gasteiger partial charge in [-0.2, -0.15) is 0 Å². The first-order valence-electron chi connectivity index (χ1n) is 2.88. The maximum absolute atomic E-state index is 3.68. The van der Waals surface area contributed by atoms with E-state index in [1.807, 2.05) is 6.08 Å². The van der Waals surface area contributed by atoms with Gasteiger partial charge in [-0.05, 0) is 18.5 Å². The molecule has 0 amide bonds. The lowest BCUT2D eigenvalue weighted by Crippen LogP contribution is -2.08. The summed E-state index contributed by atoms with van der Waals surface area (Å²) in [5.74, 6) is 0.702. The van der Waals surface area contributed by atoms with E-state index in [2.05, 4.69) is 18.5 Å². The van der Waals surface area contributed by atoms with Crippen LogP contribution in [-0.2, 0) is 0 Å². The van der Waals surface area contributed by atoms with E-state index in [1.165, 1.54) is 6.42 Å². The number of nitrogens with one attached hydrogen (secondary N) is 1. The van der Waals surface area contributed by atoms with Crippen LogP contribution in [0.2, 0.25) is 0 Å². The maximum Gasteiger partial charge on any atom is 0.0325 e. The summed E-state index contributed by atoms with van der Waals surface area (Å²) in [5, 5.41) is 3.11. The topological polar surface area (TPSA) is 12.0 Å². The van der Waals surface area contributed by atoms with Gasteiger partial charge in [-0.3, -0.25) is 0 Å². The van der Waals surface area contributed by atoms with E-state index in [1.54, 1.807) is 6.20 Å². The number of hydrogen-bond acceptors (Lipinski definition) is 1.